The van der Waals surface area contributed by atoms with E-state index in [0.29, 0.717) is 24.9 Å². The molecule has 0 aliphatic carbocycles. The molecular weight excluding hydrogens is 246 g/mol. The summed E-state index contributed by atoms with van der Waals surface area (Å²) >= 11 is 0. The predicted molar refractivity (Wildman–Crippen MR) is 68.6 cm³/mol. The van der Waals surface area contributed by atoms with Crippen molar-refractivity contribution in [3.8, 4) is 17.0 Å². The SMILES string of the molecule is O=C(O)CCCCn1nncc1-c1ccccc1O. The van der Waals surface area contributed by atoms with Crippen LogP contribution in [0.3, 0.4) is 0 Å². The van der Waals surface area contributed by atoms with Gasteiger partial charge in [-0.3, -0.25) is 4.79 Å². The van der Waals surface area contributed by atoms with E-state index in [2.05, 4.69) is 10.3 Å². The molecule has 19 heavy (non-hydrogen) atoms. The van der Waals surface area contributed by atoms with Gasteiger partial charge < -0.3 is 10.2 Å². The summed E-state index contributed by atoms with van der Waals surface area (Å²) in [6, 6.07) is 6.98. The highest BCUT2D eigenvalue weighted by Gasteiger charge is 2.10. The van der Waals surface area contributed by atoms with Crippen LogP contribution in [0.5, 0.6) is 5.75 Å². The van der Waals surface area contributed by atoms with Crippen LogP contribution in [0.15, 0.2) is 30.5 Å². The second-order valence-electron chi connectivity index (χ2n) is 4.21. The molecule has 0 unspecified atom stereocenters. The van der Waals surface area contributed by atoms with Gasteiger partial charge in [-0.15, -0.1) is 5.10 Å². The molecule has 0 fully saturated rings. The van der Waals surface area contributed by atoms with Crippen LogP contribution in [0.4, 0.5) is 0 Å². The van der Waals surface area contributed by atoms with E-state index in [4.69, 9.17) is 5.11 Å². The number of phenols is 1. The number of phenolic OH excluding ortho intramolecular Hbond substituents is 1. The molecular formula is C13H15N3O3. The molecule has 0 spiro atoms. The number of aryl methyl sites for hydroxylation is 1. The summed E-state index contributed by atoms with van der Waals surface area (Å²) in [5, 5.41) is 26.2. The molecule has 0 bridgehead atoms. The molecule has 0 atom stereocenters. The lowest BCUT2D eigenvalue weighted by Crippen LogP contribution is -2.04. The number of benzene rings is 1. The van der Waals surface area contributed by atoms with Crippen molar-refractivity contribution in [2.24, 2.45) is 0 Å². The number of hydrogen-bond acceptors (Lipinski definition) is 4. The number of rotatable bonds is 6. The third-order valence-electron chi connectivity index (χ3n) is 2.81. The van der Waals surface area contributed by atoms with Crippen LogP contribution in [-0.2, 0) is 11.3 Å². The Morgan fingerprint density at radius 2 is 2.05 bits per heavy atom. The molecule has 6 nitrogen and oxygen atoms in total. The number of carboxylic acids is 1. The summed E-state index contributed by atoms with van der Waals surface area (Å²) in [7, 11) is 0. The van der Waals surface area contributed by atoms with Crippen LogP contribution in [0, 0.1) is 0 Å². The number of aliphatic carboxylic acids is 1. The number of hydrogen-bond donors (Lipinski definition) is 2. The average molecular weight is 261 g/mol. The summed E-state index contributed by atoms with van der Waals surface area (Å²) in [5.41, 5.74) is 1.40. The van der Waals surface area contributed by atoms with Crippen LogP contribution < -0.4 is 0 Å². The Hall–Kier alpha value is -2.37. The molecule has 100 valence electrons. The molecule has 2 rings (SSSR count). The summed E-state index contributed by atoms with van der Waals surface area (Å²) in [5.74, 6) is -0.615. The van der Waals surface area contributed by atoms with Crippen LogP contribution in [0.25, 0.3) is 11.3 Å². The molecule has 0 aliphatic rings. The van der Waals surface area contributed by atoms with Crippen molar-refractivity contribution in [3.05, 3.63) is 30.5 Å². The fraction of sp³-hybridized carbons (Fsp3) is 0.308. The Bertz CT molecular complexity index is 566. The van der Waals surface area contributed by atoms with Crippen molar-refractivity contribution in [3.63, 3.8) is 0 Å². The van der Waals surface area contributed by atoms with E-state index in [1.54, 1.807) is 29.1 Å². The lowest BCUT2D eigenvalue weighted by molar-refractivity contribution is -0.137. The minimum absolute atomic E-state index is 0.153. The number of carbonyl (C=O) groups is 1. The third kappa shape index (κ3) is 3.31. The molecule has 6 heteroatoms. The normalized spacial score (nSPS) is 10.5. The van der Waals surface area contributed by atoms with E-state index < -0.39 is 5.97 Å². The van der Waals surface area contributed by atoms with E-state index in [1.807, 2.05) is 6.07 Å². The van der Waals surface area contributed by atoms with Gasteiger partial charge in [-0.2, -0.15) is 0 Å². The van der Waals surface area contributed by atoms with Crippen molar-refractivity contribution in [2.45, 2.75) is 25.8 Å². The Balaban J connectivity index is 2.06. The van der Waals surface area contributed by atoms with Crippen LogP contribution >= 0.6 is 0 Å². The van der Waals surface area contributed by atoms with Gasteiger partial charge in [0.25, 0.3) is 0 Å². The van der Waals surface area contributed by atoms with Gasteiger partial charge in [0.2, 0.25) is 0 Å². The Morgan fingerprint density at radius 3 is 2.79 bits per heavy atom. The molecule has 0 aliphatic heterocycles. The van der Waals surface area contributed by atoms with Gasteiger partial charge in [-0.25, -0.2) is 4.68 Å². The zero-order chi connectivity index (χ0) is 13.7. The van der Waals surface area contributed by atoms with Crippen LogP contribution in [0.1, 0.15) is 19.3 Å². The highest BCUT2D eigenvalue weighted by Crippen LogP contribution is 2.27. The quantitative estimate of drug-likeness (QED) is 0.775. The second-order valence-corrected chi connectivity index (χ2v) is 4.21. The number of unbranched alkanes of at least 4 members (excludes halogenated alkanes) is 1. The molecule has 1 aromatic heterocycles. The standard InChI is InChI=1S/C13H15N3O3/c17-12-6-2-1-5-10(12)11-9-14-15-16(11)8-4-3-7-13(18)19/h1-2,5-6,9,17H,3-4,7-8H2,(H,18,19). The topological polar surface area (TPSA) is 88.2 Å². The van der Waals surface area contributed by atoms with Crippen molar-refractivity contribution in [1.82, 2.24) is 15.0 Å². The highest BCUT2D eigenvalue weighted by atomic mass is 16.4. The van der Waals surface area contributed by atoms with E-state index in [1.165, 1.54) is 0 Å². The molecule has 2 N–H and O–H groups in total. The van der Waals surface area contributed by atoms with Gasteiger partial charge in [-0.1, -0.05) is 17.3 Å². The fourth-order valence-electron chi connectivity index (χ4n) is 1.86. The number of aromatic hydroxyl groups is 1. The first-order valence-electron chi connectivity index (χ1n) is 6.07. The molecule has 0 saturated heterocycles. The summed E-state index contributed by atoms with van der Waals surface area (Å²) in [6.45, 7) is 0.580. The van der Waals surface area contributed by atoms with E-state index in [0.717, 1.165) is 5.69 Å². The monoisotopic (exact) mass is 261 g/mol. The highest BCUT2D eigenvalue weighted by molar-refractivity contribution is 5.66. The zero-order valence-electron chi connectivity index (χ0n) is 10.4. The summed E-state index contributed by atoms with van der Waals surface area (Å²) in [4.78, 5) is 10.4. The summed E-state index contributed by atoms with van der Waals surface area (Å²) < 4.78 is 1.68. The second kappa shape index (κ2) is 5.99. The largest absolute Gasteiger partial charge is 0.507 e. The summed E-state index contributed by atoms with van der Waals surface area (Å²) in [6.07, 6.45) is 3.04. The number of para-hydroxylation sites is 1. The van der Waals surface area contributed by atoms with Gasteiger partial charge in [0.1, 0.15) is 5.75 Å². The fourth-order valence-corrected chi connectivity index (χ4v) is 1.86. The first kappa shape index (κ1) is 13.1. The first-order chi connectivity index (χ1) is 9.18. The molecule has 1 heterocycles. The van der Waals surface area contributed by atoms with E-state index >= 15 is 0 Å². The maximum atomic E-state index is 10.4. The Morgan fingerprint density at radius 1 is 1.26 bits per heavy atom. The van der Waals surface area contributed by atoms with E-state index in [9.17, 15) is 9.90 Å². The number of aromatic nitrogens is 3. The third-order valence-corrected chi connectivity index (χ3v) is 2.81. The van der Waals surface area contributed by atoms with Gasteiger partial charge >= 0.3 is 5.97 Å². The molecule has 0 amide bonds. The molecule has 0 radical (unpaired) electrons. The first-order valence-corrected chi connectivity index (χ1v) is 6.07. The molecule has 2 aromatic rings. The molecule has 0 saturated carbocycles. The van der Waals surface area contributed by atoms with Gasteiger partial charge in [0.15, 0.2) is 0 Å². The smallest absolute Gasteiger partial charge is 0.303 e. The van der Waals surface area contributed by atoms with E-state index in [-0.39, 0.29) is 12.2 Å². The average Bonchev–Trinajstić information content (AvgIpc) is 2.83. The van der Waals surface area contributed by atoms with Crippen molar-refractivity contribution < 1.29 is 15.0 Å². The van der Waals surface area contributed by atoms with Crippen LogP contribution in [-0.4, -0.2) is 31.2 Å². The minimum atomic E-state index is -0.792. The van der Waals surface area contributed by atoms with Crippen molar-refractivity contribution >= 4 is 5.97 Å². The maximum absolute atomic E-state index is 10.4. The van der Waals surface area contributed by atoms with Crippen LogP contribution in [0.2, 0.25) is 0 Å². The van der Waals surface area contributed by atoms with Crippen molar-refractivity contribution in [1.29, 1.82) is 0 Å². The maximum Gasteiger partial charge on any atom is 0.303 e. The number of carboxylic acid groups (broad SMARTS) is 1. The Kier molecular flexibility index (Phi) is 4.12. The minimum Gasteiger partial charge on any atom is -0.507 e. The predicted octanol–water partition coefficient (Wildman–Crippen LogP) is 1.91. The lowest BCUT2D eigenvalue weighted by atomic mass is 10.1. The number of nitrogens with zero attached hydrogens (tertiary/aromatic N) is 3. The Labute approximate surface area is 110 Å². The molecule has 1 aromatic carbocycles. The zero-order valence-corrected chi connectivity index (χ0v) is 10.4. The van der Waals surface area contributed by atoms with Gasteiger partial charge in [0, 0.05) is 18.5 Å². The lowest BCUT2D eigenvalue weighted by Gasteiger charge is -2.07. The van der Waals surface area contributed by atoms with Gasteiger partial charge in [0.05, 0.1) is 11.9 Å². The van der Waals surface area contributed by atoms with Crippen molar-refractivity contribution in [2.75, 3.05) is 0 Å². The van der Waals surface area contributed by atoms with Gasteiger partial charge in [-0.05, 0) is 25.0 Å².